The zero-order valence-corrected chi connectivity index (χ0v) is 16.5. The lowest BCUT2D eigenvalue weighted by Gasteiger charge is -2.21. The zero-order chi connectivity index (χ0) is 20.8. The maximum absolute atomic E-state index is 13.5. The molecule has 146 valence electrons. The van der Waals surface area contributed by atoms with Crippen LogP contribution in [0, 0.1) is 11.3 Å². The van der Waals surface area contributed by atoms with Crippen molar-refractivity contribution in [2.75, 3.05) is 10.8 Å². The van der Waals surface area contributed by atoms with E-state index in [4.69, 9.17) is 22.0 Å². The first-order chi connectivity index (χ1) is 13.8. The number of aromatic nitrogens is 1. The van der Waals surface area contributed by atoms with E-state index < -0.39 is 16.0 Å². The summed E-state index contributed by atoms with van der Waals surface area (Å²) in [4.78, 5) is 15.2. The number of sulfonamides is 1. The predicted molar refractivity (Wildman–Crippen MR) is 107 cm³/mol. The summed E-state index contributed by atoms with van der Waals surface area (Å²) in [5, 5.41) is 19.2. The van der Waals surface area contributed by atoms with Gasteiger partial charge in [0.2, 0.25) is 0 Å². The van der Waals surface area contributed by atoms with Gasteiger partial charge < -0.3 is 5.11 Å². The Kier molecular flexibility index (Phi) is 4.65. The fraction of sp³-hybridized carbons (Fsp3) is 0.150. The number of nitriles is 1. The number of carboxylic acid groups (broad SMARTS) is 1. The number of hydrogen-bond donors (Lipinski definition) is 1. The van der Waals surface area contributed by atoms with Crippen LogP contribution in [0.4, 0.5) is 5.69 Å². The van der Waals surface area contributed by atoms with E-state index in [1.165, 1.54) is 28.7 Å². The Morgan fingerprint density at radius 1 is 1.24 bits per heavy atom. The Labute approximate surface area is 171 Å². The third-order valence-electron chi connectivity index (χ3n) is 4.84. The lowest BCUT2D eigenvalue weighted by atomic mass is 10.1. The van der Waals surface area contributed by atoms with Crippen LogP contribution in [0.2, 0.25) is 5.02 Å². The highest BCUT2D eigenvalue weighted by Crippen LogP contribution is 2.37. The first-order valence-corrected chi connectivity index (χ1v) is 10.5. The molecule has 4 rings (SSSR count). The minimum Gasteiger partial charge on any atom is -0.481 e. The van der Waals surface area contributed by atoms with Crippen molar-refractivity contribution in [2.24, 2.45) is 0 Å². The molecule has 0 fully saturated rings. The molecule has 2 heterocycles. The number of anilines is 1. The standard InChI is InChI=1S/C20H14ClN3O4S/c21-14-8-16-15(3-5-23-17(16)10-20(25)26)19(9-14)29(27,28)24-6-4-13-2-1-12(11-22)7-18(13)24/h1-3,5,7-9H,4,6,10H2,(H,25,26). The normalized spacial score (nSPS) is 13.3. The highest BCUT2D eigenvalue weighted by molar-refractivity contribution is 7.93. The Morgan fingerprint density at radius 3 is 2.76 bits per heavy atom. The SMILES string of the molecule is N#Cc1ccc2c(c1)N(S(=O)(=O)c1cc(Cl)cc3c(CC(=O)O)nccc13)CC2. The summed E-state index contributed by atoms with van der Waals surface area (Å²) in [5.41, 5.74) is 1.92. The van der Waals surface area contributed by atoms with E-state index in [1.54, 1.807) is 18.2 Å². The van der Waals surface area contributed by atoms with Crippen LogP contribution in [0.15, 0.2) is 47.5 Å². The number of fused-ring (bicyclic) bond motifs is 2. The molecular weight excluding hydrogens is 414 g/mol. The molecule has 1 aliphatic heterocycles. The largest absolute Gasteiger partial charge is 0.481 e. The van der Waals surface area contributed by atoms with Crippen molar-refractivity contribution in [3.8, 4) is 6.07 Å². The monoisotopic (exact) mass is 427 g/mol. The zero-order valence-electron chi connectivity index (χ0n) is 15.0. The van der Waals surface area contributed by atoms with E-state index in [9.17, 15) is 13.2 Å². The van der Waals surface area contributed by atoms with E-state index in [-0.39, 0.29) is 28.6 Å². The van der Waals surface area contributed by atoms with Gasteiger partial charge in [0.05, 0.1) is 34.3 Å². The molecule has 0 bridgehead atoms. The van der Waals surface area contributed by atoms with E-state index in [0.29, 0.717) is 28.4 Å². The van der Waals surface area contributed by atoms with Crippen LogP contribution >= 0.6 is 11.6 Å². The molecule has 0 unspecified atom stereocenters. The molecule has 1 aliphatic rings. The number of halogens is 1. The van der Waals surface area contributed by atoms with Gasteiger partial charge in [-0.3, -0.25) is 14.1 Å². The molecule has 0 radical (unpaired) electrons. The highest BCUT2D eigenvalue weighted by atomic mass is 35.5. The quantitative estimate of drug-likeness (QED) is 0.684. The lowest BCUT2D eigenvalue weighted by Crippen LogP contribution is -2.29. The van der Waals surface area contributed by atoms with Crippen molar-refractivity contribution in [3.05, 3.63) is 64.4 Å². The van der Waals surface area contributed by atoms with Crippen LogP contribution in [-0.4, -0.2) is 31.0 Å². The van der Waals surface area contributed by atoms with Crippen molar-refractivity contribution >= 4 is 44.1 Å². The van der Waals surface area contributed by atoms with Crippen molar-refractivity contribution in [3.63, 3.8) is 0 Å². The average molecular weight is 428 g/mol. The average Bonchev–Trinajstić information content (AvgIpc) is 3.11. The van der Waals surface area contributed by atoms with Gasteiger partial charge in [0, 0.05) is 28.5 Å². The van der Waals surface area contributed by atoms with Gasteiger partial charge in [0.15, 0.2) is 0 Å². The van der Waals surface area contributed by atoms with Crippen LogP contribution in [0.1, 0.15) is 16.8 Å². The van der Waals surface area contributed by atoms with Gasteiger partial charge in [-0.05, 0) is 42.3 Å². The van der Waals surface area contributed by atoms with E-state index in [1.807, 2.05) is 6.07 Å². The first kappa shape index (κ1) is 19.2. The Morgan fingerprint density at radius 2 is 2.03 bits per heavy atom. The molecule has 1 N–H and O–H groups in total. The highest BCUT2D eigenvalue weighted by Gasteiger charge is 2.33. The predicted octanol–water partition coefficient (Wildman–Crippen LogP) is 3.14. The Hall–Kier alpha value is -3.15. The lowest BCUT2D eigenvalue weighted by molar-refractivity contribution is -0.136. The maximum Gasteiger partial charge on any atom is 0.309 e. The topological polar surface area (TPSA) is 111 Å². The van der Waals surface area contributed by atoms with Gasteiger partial charge in [-0.15, -0.1) is 0 Å². The minimum atomic E-state index is -4.01. The number of hydrogen-bond acceptors (Lipinski definition) is 5. The van der Waals surface area contributed by atoms with E-state index >= 15 is 0 Å². The first-order valence-electron chi connectivity index (χ1n) is 8.66. The van der Waals surface area contributed by atoms with Crippen LogP contribution in [0.3, 0.4) is 0 Å². The third kappa shape index (κ3) is 3.28. The van der Waals surface area contributed by atoms with Gasteiger partial charge in [-0.2, -0.15) is 5.26 Å². The summed E-state index contributed by atoms with van der Waals surface area (Å²) in [6.07, 6.45) is 1.57. The fourth-order valence-corrected chi connectivity index (χ4v) is 5.57. The van der Waals surface area contributed by atoms with Crippen molar-refractivity contribution in [1.29, 1.82) is 5.26 Å². The molecule has 0 saturated heterocycles. The number of benzene rings is 2. The number of aliphatic carboxylic acids is 1. The summed E-state index contributed by atoms with van der Waals surface area (Å²) in [6.45, 7) is 0.244. The van der Waals surface area contributed by atoms with Crippen molar-refractivity contribution < 1.29 is 18.3 Å². The van der Waals surface area contributed by atoms with Gasteiger partial charge in [-0.25, -0.2) is 8.42 Å². The molecule has 2 aromatic carbocycles. The molecular formula is C20H14ClN3O4S. The smallest absolute Gasteiger partial charge is 0.309 e. The van der Waals surface area contributed by atoms with Crippen LogP contribution in [0.5, 0.6) is 0 Å². The Bertz CT molecular complexity index is 1320. The molecule has 3 aromatic rings. The molecule has 9 heteroatoms. The molecule has 29 heavy (non-hydrogen) atoms. The minimum absolute atomic E-state index is 0.0238. The second-order valence-electron chi connectivity index (χ2n) is 6.61. The maximum atomic E-state index is 13.5. The second-order valence-corrected chi connectivity index (χ2v) is 8.88. The fourth-order valence-electron chi connectivity index (χ4n) is 3.56. The van der Waals surface area contributed by atoms with Crippen LogP contribution < -0.4 is 4.31 Å². The van der Waals surface area contributed by atoms with E-state index in [0.717, 1.165) is 5.56 Å². The molecule has 1 aromatic heterocycles. The summed E-state index contributed by atoms with van der Waals surface area (Å²) < 4.78 is 28.4. The number of carbonyl (C=O) groups is 1. The number of rotatable bonds is 4. The van der Waals surface area contributed by atoms with Crippen LogP contribution in [-0.2, 0) is 27.7 Å². The molecule has 0 spiro atoms. The second kappa shape index (κ2) is 7.03. The summed E-state index contributed by atoms with van der Waals surface area (Å²) >= 11 is 6.19. The number of pyridine rings is 1. The van der Waals surface area contributed by atoms with Crippen molar-refractivity contribution in [2.45, 2.75) is 17.7 Å². The molecule has 7 nitrogen and oxygen atoms in total. The van der Waals surface area contributed by atoms with Crippen LogP contribution in [0.25, 0.3) is 10.8 Å². The van der Waals surface area contributed by atoms with E-state index in [2.05, 4.69) is 4.98 Å². The summed E-state index contributed by atoms with van der Waals surface area (Å²) in [6, 6.07) is 11.4. The van der Waals surface area contributed by atoms with Gasteiger partial charge >= 0.3 is 5.97 Å². The summed E-state index contributed by atoms with van der Waals surface area (Å²) in [7, 11) is -4.01. The van der Waals surface area contributed by atoms with Gasteiger partial charge in [-0.1, -0.05) is 17.7 Å². The molecule has 0 saturated carbocycles. The Balaban J connectivity index is 1.92. The summed E-state index contributed by atoms with van der Waals surface area (Å²) in [5.74, 6) is -1.08. The third-order valence-corrected chi connectivity index (χ3v) is 6.91. The molecule has 0 aliphatic carbocycles. The van der Waals surface area contributed by atoms with Crippen molar-refractivity contribution in [1.82, 2.24) is 4.98 Å². The van der Waals surface area contributed by atoms with Gasteiger partial charge in [0.25, 0.3) is 10.0 Å². The molecule has 0 amide bonds. The van der Waals surface area contributed by atoms with Gasteiger partial charge in [0.1, 0.15) is 0 Å². The number of nitrogens with zero attached hydrogens (tertiary/aromatic N) is 3. The molecule has 0 atom stereocenters. The number of carboxylic acids is 1.